The van der Waals surface area contributed by atoms with Crippen molar-refractivity contribution in [2.45, 2.75) is 84.7 Å². The molecule has 5 aromatic heterocycles. The fourth-order valence-electron chi connectivity index (χ4n) is 8.27. The van der Waals surface area contributed by atoms with Crippen LogP contribution in [0.25, 0.3) is 32.7 Å². The van der Waals surface area contributed by atoms with Crippen LogP contribution in [0, 0.1) is 31.6 Å². The number of H-pyrrole nitrogens is 5. The predicted octanol–water partition coefficient (Wildman–Crippen LogP) is 7.00. The number of carbonyl (C=O) groups is 3. The van der Waals surface area contributed by atoms with Crippen molar-refractivity contribution in [2.75, 3.05) is 19.6 Å². The Morgan fingerprint density at radius 1 is 0.725 bits per heavy atom. The van der Waals surface area contributed by atoms with E-state index in [1.54, 1.807) is 6.92 Å². The van der Waals surface area contributed by atoms with Crippen LogP contribution >= 0.6 is 12.4 Å². The molecule has 0 aliphatic heterocycles. The number of amides is 1. The number of carbonyl (C=O) groups excluding carboxylic acids is 2. The van der Waals surface area contributed by atoms with Crippen LogP contribution in [0.1, 0.15) is 113 Å². The number of nitrogens with two attached hydrogens (primary N) is 1. The molecule has 3 aromatic carbocycles. The van der Waals surface area contributed by atoms with Gasteiger partial charge in [-0.2, -0.15) is 10.2 Å². The number of carboxylic acids is 1. The average Bonchev–Trinajstić information content (AvgIpc) is 4.14. The number of hydrogen-bond acceptors (Lipinski definition) is 7. The van der Waals surface area contributed by atoms with Crippen LogP contribution in [0.15, 0.2) is 104 Å². The SMILES string of the molecule is Cc1cc(C(=O)N(Cc2cccc3[nH]ccc23)CC2CCC2)n[nH]1.Cc1cc(C(=O)O)n[nH]1.Cl.NCC1CCC1.O=Cc1cccc2[nH]ccc12.[B].[H-].[Na+].c1cc(CNCC2CCC2)c2cc[nH]c2c1. The molecule has 0 saturated heterocycles. The summed E-state index contributed by atoms with van der Waals surface area (Å²) in [5.41, 5.74) is 14.2. The molecule has 8 aromatic rings. The van der Waals surface area contributed by atoms with Gasteiger partial charge in [0.2, 0.25) is 0 Å². The van der Waals surface area contributed by atoms with Crippen molar-refractivity contribution < 1.29 is 50.5 Å². The molecule has 69 heavy (non-hydrogen) atoms. The number of rotatable bonds is 12. The van der Waals surface area contributed by atoms with Crippen LogP contribution in [0.3, 0.4) is 0 Å². The van der Waals surface area contributed by atoms with Crippen molar-refractivity contribution in [3.05, 3.63) is 143 Å². The van der Waals surface area contributed by atoms with E-state index in [9.17, 15) is 14.4 Å². The maximum atomic E-state index is 12.9. The second-order valence-corrected chi connectivity index (χ2v) is 17.7. The number of aromatic nitrogens is 7. The van der Waals surface area contributed by atoms with Gasteiger partial charge in [-0.1, -0.05) is 55.7 Å². The molecule has 0 unspecified atom stereocenters. The Balaban J connectivity index is 0.000000246. The second kappa shape index (κ2) is 28.3. The van der Waals surface area contributed by atoms with E-state index >= 15 is 0 Å². The van der Waals surface area contributed by atoms with E-state index in [4.69, 9.17) is 10.8 Å². The van der Waals surface area contributed by atoms with Crippen molar-refractivity contribution in [3.63, 3.8) is 0 Å². The monoisotopic (exact) mass is 963 g/mol. The van der Waals surface area contributed by atoms with Crippen molar-refractivity contribution >= 4 is 71.7 Å². The Bertz CT molecular complexity index is 2790. The van der Waals surface area contributed by atoms with E-state index in [0.29, 0.717) is 18.2 Å². The largest absolute Gasteiger partial charge is 1.00 e. The Morgan fingerprint density at radius 2 is 1.22 bits per heavy atom. The van der Waals surface area contributed by atoms with Crippen LogP contribution in [-0.4, -0.2) is 91.6 Å². The van der Waals surface area contributed by atoms with E-state index in [1.807, 2.05) is 66.8 Å². The first-order valence-corrected chi connectivity index (χ1v) is 23.3. The summed E-state index contributed by atoms with van der Waals surface area (Å²) in [4.78, 5) is 45.1. The third-order valence-electron chi connectivity index (χ3n) is 12.9. The minimum absolute atomic E-state index is 0. The third-order valence-corrected chi connectivity index (χ3v) is 12.9. The number of aldehydes is 1. The van der Waals surface area contributed by atoms with E-state index in [1.165, 1.54) is 97.8 Å². The molecule has 14 nitrogen and oxygen atoms in total. The number of aromatic carboxylic acids is 1. The Kier molecular flexibility index (Phi) is 23.0. The molecule has 0 atom stereocenters. The van der Waals surface area contributed by atoms with Gasteiger partial charge in [-0.25, -0.2) is 4.79 Å². The Morgan fingerprint density at radius 3 is 1.67 bits per heavy atom. The summed E-state index contributed by atoms with van der Waals surface area (Å²) < 4.78 is 0. The standard InChI is InChI=1S/C19H22N4O.C14H18N2.C9H7NO.C5H6N2O2.C5H11N.B.ClH.Na.H/c1-13-10-18(22-21-13)19(24)23(11-14-4-2-5-14)12-15-6-3-7-17-16(15)8-9-20-17;1-3-11(4-1)9-15-10-12-5-2-6-14-13(12)7-8-16-14;11-6-7-2-1-3-9-8(7)4-5-10-9;1-3-2-4(5(8)9)7-6-3;6-4-5-2-1-3-5;;;;/h3,6-10,14,20H,2,4-5,11-12H2,1H3,(H,21,22);2,5-8,11,15-16H,1,3-4,9-10H2;1-6,10H;2H,1H3,(H,6,7)(H,8,9);5H,1-4,6H2;;1H;;/q;;;;;;;+1;-1. The summed E-state index contributed by atoms with van der Waals surface area (Å²) in [5.74, 6) is 1.47. The van der Waals surface area contributed by atoms with Gasteiger partial charge < -0.3 is 37.4 Å². The summed E-state index contributed by atoms with van der Waals surface area (Å²) in [6.07, 6.45) is 18.8. The first kappa shape index (κ1) is 56.2. The van der Waals surface area contributed by atoms with Crippen molar-refractivity contribution in [3.8, 4) is 0 Å². The van der Waals surface area contributed by atoms with Gasteiger partial charge in [-0.15, -0.1) is 12.4 Å². The molecule has 0 spiro atoms. The summed E-state index contributed by atoms with van der Waals surface area (Å²) in [5, 5.41) is 28.5. The predicted molar refractivity (Wildman–Crippen MR) is 276 cm³/mol. The maximum Gasteiger partial charge on any atom is 1.00 e. The van der Waals surface area contributed by atoms with Crippen molar-refractivity contribution in [1.29, 1.82) is 0 Å². The van der Waals surface area contributed by atoms with Gasteiger partial charge >= 0.3 is 35.5 Å². The van der Waals surface area contributed by atoms with Gasteiger partial charge in [0.05, 0.1) is 0 Å². The molecule has 3 aliphatic carbocycles. The van der Waals surface area contributed by atoms with Gasteiger partial charge in [0.25, 0.3) is 5.91 Å². The number of nitrogens with one attached hydrogen (secondary N) is 6. The molecule has 0 bridgehead atoms. The molecule has 9 N–H and O–H groups in total. The first-order chi connectivity index (χ1) is 32.2. The molecular weight excluding hydrogens is 898 g/mol. The molecule has 11 rings (SSSR count). The first-order valence-electron chi connectivity index (χ1n) is 23.3. The van der Waals surface area contributed by atoms with Crippen LogP contribution < -0.4 is 40.6 Å². The number of hydrogen-bond donors (Lipinski definition) is 8. The number of fused-ring (bicyclic) bond motifs is 3. The second-order valence-electron chi connectivity index (χ2n) is 17.7. The fourth-order valence-corrected chi connectivity index (χ4v) is 8.27. The van der Waals surface area contributed by atoms with Gasteiger partial charge in [-0.05, 0) is 143 Å². The average molecular weight is 964 g/mol. The smallest absolute Gasteiger partial charge is 1.00 e. The van der Waals surface area contributed by atoms with Crippen molar-refractivity contribution in [2.24, 2.45) is 23.5 Å². The number of carboxylic acid groups (broad SMARTS) is 1. The van der Waals surface area contributed by atoms with Crippen LogP contribution in [0.5, 0.6) is 0 Å². The quantitative estimate of drug-likeness (QED) is 0.0470. The van der Waals surface area contributed by atoms with E-state index in [2.05, 4.69) is 83.1 Å². The molecule has 17 heteroatoms. The minimum Gasteiger partial charge on any atom is -1.00 e. The Labute approximate surface area is 435 Å². The molecule has 3 saturated carbocycles. The van der Waals surface area contributed by atoms with Gasteiger partial charge in [0.1, 0.15) is 5.69 Å². The molecular formula is C52H66BClN10NaO4. The summed E-state index contributed by atoms with van der Waals surface area (Å²) in [7, 11) is 0. The number of nitrogens with zero attached hydrogens (tertiary/aromatic N) is 3. The van der Waals surface area contributed by atoms with Gasteiger partial charge in [0.15, 0.2) is 12.0 Å². The minimum atomic E-state index is -1.00. The number of aromatic amines is 5. The number of benzene rings is 3. The number of halogens is 1. The van der Waals surface area contributed by atoms with Crippen LogP contribution in [0.4, 0.5) is 0 Å². The number of aryl methyl sites for hydroxylation is 2. The topological polar surface area (TPSA) is 217 Å². The van der Waals surface area contributed by atoms with E-state index in [-0.39, 0.29) is 63.4 Å². The fraction of sp³-hybridized carbons (Fsp3) is 0.365. The van der Waals surface area contributed by atoms with E-state index < -0.39 is 5.97 Å². The maximum absolute atomic E-state index is 12.9. The van der Waals surface area contributed by atoms with Crippen LogP contribution in [0.2, 0.25) is 0 Å². The molecule has 3 aliphatic rings. The molecule has 5 heterocycles. The molecule has 359 valence electrons. The summed E-state index contributed by atoms with van der Waals surface area (Å²) in [6.45, 7) is 8.19. The summed E-state index contributed by atoms with van der Waals surface area (Å²) in [6, 6.07) is 27.7. The molecule has 3 radical (unpaired) electrons. The molecule has 3 fully saturated rings. The Hall–Kier alpha value is -5.42. The van der Waals surface area contributed by atoms with Gasteiger partial charge in [-0.3, -0.25) is 19.8 Å². The van der Waals surface area contributed by atoms with E-state index in [0.717, 1.165) is 71.1 Å². The van der Waals surface area contributed by atoms with Gasteiger partial charge in [0, 0.05) is 96.3 Å². The van der Waals surface area contributed by atoms with Crippen molar-refractivity contribution in [1.82, 2.24) is 45.6 Å². The van der Waals surface area contributed by atoms with Crippen LogP contribution in [-0.2, 0) is 13.1 Å². The third kappa shape index (κ3) is 15.8. The zero-order chi connectivity index (χ0) is 46.3. The molecule has 1 amide bonds. The normalized spacial score (nSPS) is 13.8. The zero-order valence-electron chi connectivity index (χ0n) is 41.1. The zero-order valence-corrected chi connectivity index (χ0v) is 42.9. The summed E-state index contributed by atoms with van der Waals surface area (Å²) >= 11 is 0.